The molecule has 0 N–H and O–H groups in total. The van der Waals surface area contributed by atoms with Crippen molar-refractivity contribution in [2.75, 3.05) is 33.2 Å². The molecule has 0 aromatic heterocycles. The van der Waals surface area contributed by atoms with Gasteiger partial charge in [0.05, 0.1) is 0 Å². The molecule has 0 amide bonds. The lowest BCUT2D eigenvalue weighted by Gasteiger charge is -2.39. The van der Waals surface area contributed by atoms with E-state index < -0.39 is 4.18 Å². The van der Waals surface area contributed by atoms with Crippen LogP contribution in [0.3, 0.4) is 0 Å². The molecule has 0 aliphatic carbocycles. The van der Waals surface area contributed by atoms with Gasteiger partial charge >= 0.3 is 0 Å². The summed E-state index contributed by atoms with van der Waals surface area (Å²) in [6.07, 6.45) is 0. The Labute approximate surface area is 138 Å². The van der Waals surface area contributed by atoms with Crippen molar-refractivity contribution in [1.29, 1.82) is 0 Å². The van der Waals surface area contributed by atoms with Gasteiger partial charge in [-0.05, 0) is 47.3 Å². The van der Waals surface area contributed by atoms with Crippen molar-refractivity contribution >= 4 is 47.8 Å². The second-order valence-corrected chi connectivity index (χ2v) is 8.19. The van der Waals surface area contributed by atoms with Crippen LogP contribution in [0.1, 0.15) is 11.6 Å². The van der Waals surface area contributed by atoms with E-state index in [9.17, 15) is 4.39 Å². The third-order valence-electron chi connectivity index (χ3n) is 3.54. The molecule has 0 spiro atoms. The largest absolute Gasteiger partial charge is 0.297 e. The van der Waals surface area contributed by atoms with Crippen molar-refractivity contribution in [1.82, 2.24) is 9.80 Å². The molecular formula is C14H19FI2N2. The van der Waals surface area contributed by atoms with Crippen LogP contribution in [0.2, 0.25) is 0 Å². The fourth-order valence-electron chi connectivity index (χ4n) is 2.43. The Balaban J connectivity index is 2.09. The molecule has 1 fully saturated rings. The first kappa shape index (κ1) is 15.8. The topological polar surface area (TPSA) is 6.48 Å². The maximum atomic E-state index is 13.1. The molecule has 19 heavy (non-hydrogen) atoms. The van der Waals surface area contributed by atoms with E-state index in [1.54, 1.807) is 0 Å². The fourth-order valence-corrected chi connectivity index (χ4v) is 3.85. The van der Waals surface area contributed by atoms with Gasteiger partial charge < -0.3 is 0 Å². The van der Waals surface area contributed by atoms with Gasteiger partial charge in [-0.25, -0.2) is 4.39 Å². The minimum Gasteiger partial charge on any atom is -0.297 e. The molecule has 5 heteroatoms. The normalized spacial score (nSPS) is 23.4. The standard InChI is InChI=1S/C14H19FI2N2/c1-17-12-5-3-11(4-6-12)13-9-19(10-14(15)16)8-7-18(13)2/h3-6,13-14H,1,7-10H2,2H3/t13-,14?/m0/s1. The number of alkyl halides is 2. The highest BCUT2D eigenvalue weighted by Crippen LogP contribution is 2.25. The zero-order valence-corrected chi connectivity index (χ0v) is 15.3. The number of hydrogen-bond acceptors (Lipinski definition) is 2. The van der Waals surface area contributed by atoms with Crippen LogP contribution in [0.4, 0.5) is 4.39 Å². The number of nitrogens with zero attached hydrogens (tertiary/aromatic N) is 2. The van der Waals surface area contributed by atoms with Crippen LogP contribution in [0.5, 0.6) is 0 Å². The molecule has 1 aliphatic rings. The molecule has 0 radical (unpaired) electrons. The van der Waals surface area contributed by atoms with Crippen LogP contribution in [0, 0.1) is 3.57 Å². The summed E-state index contributed by atoms with van der Waals surface area (Å²) in [5, 5.41) is 0. The Morgan fingerprint density at radius 2 is 2.11 bits per heavy atom. The van der Waals surface area contributed by atoms with Crippen LogP contribution in [-0.4, -0.2) is 51.7 Å². The van der Waals surface area contributed by atoms with E-state index in [0.717, 1.165) is 19.6 Å². The van der Waals surface area contributed by atoms with E-state index in [0.29, 0.717) is 12.6 Å². The van der Waals surface area contributed by atoms with E-state index in [2.05, 4.69) is 45.6 Å². The minimum atomic E-state index is -0.778. The molecular weight excluding hydrogens is 469 g/mol. The Bertz CT molecular complexity index is 422. The lowest BCUT2D eigenvalue weighted by Crippen LogP contribution is -2.47. The molecule has 106 valence electrons. The van der Waals surface area contributed by atoms with E-state index in [1.165, 1.54) is 9.13 Å². The summed E-state index contributed by atoms with van der Waals surface area (Å²) >= 11 is 1.78. The third kappa shape index (κ3) is 4.44. The minimum absolute atomic E-state index is 0.0790. The summed E-state index contributed by atoms with van der Waals surface area (Å²) in [6, 6.07) is 9.18. The number of likely N-dealkylation sites (N-methyl/N-ethyl adjacent to an activating group) is 1. The van der Waals surface area contributed by atoms with Crippen LogP contribution in [0.15, 0.2) is 24.3 Å². The summed E-state index contributed by atoms with van der Waals surface area (Å²) in [4.78, 5) is 4.59. The summed E-state index contributed by atoms with van der Waals surface area (Å²) in [7, 11) is 2.15. The molecule has 2 nitrogen and oxygen atoms in total. The van der Waals surface area contributed by atoms with Gasteiger partial charge in [-0.15, -0.1) is 0 Å². The van der Waals surface area contributed by atoms with Gasteiger partial charge in [0.25, 0.3) is 0 Å². The van der Waals surface area contributed by atoms with E-state index >= 15 is 0 Å². The molecule has 1 aliphatic heterocycles. The fraction of sp³-hybridized carbons (Fsp3) is 0.500. The van der Waals surface area contributed by atoms with Crippen molar-refractivity contribution in [2.24, 2.45) is 0 Å². The number of piperazine rings is 1. The van der Waals surface area contributed by atoms with Crippen LogP contribution < -0.4 is 0 Å². The lowest BCUT2D eigenvalue weighted by molar-refractivity contribution is 0.0889. The van der Waals surface area contributed by atoms with Crippen LogP contribution >= 0.6 is 43.3 Å². The summed E-state index contributed by atoms with van der Waals surface area (Å²) in [6.45, 7) is 3.41. The molecule has 0 bridgehead atoms. The number of hydrogen-bond donors (Lipinski definition) is 0. The predicted molar refractivity (Wildman–Crippen MR) is 97.0 cm³/mol. The van der Waals surface area contributed by atoms with Crippen LogP contribution in [0.25, 0.3) is 0 Å². The highest BCUT2D eigenvalue weighted by molar-refractivity contribution is 14.2. The monoisotopic (exact) mass is 488 g/mol. The summed E-state index contributed by atoms with van der Waals surface area (Å²) in [5.74, 6) is 0. The lowest BCUT2D eigenvalue weighted by atomic mass is 10.0. The van der Waals surface area contributed by atoms with Crippen molar-refractivity contribution in [3.05, 3.63) is 33.4 Å². The Morgan fingerprint density at radius 3 is 2.68 bits per heavy atom. The van der Waals surface area contributed by atoms with Crippen molar-refractivity contribution < 1.29 is 4.39 Å². The van der Waals surface area contributed by atoms with Crippen molar-refractivity contribution in [2.45, 2.75) is 10.2 Å². The third-order valence-corrected chi connectivity index (χ3v) is 5.53. The van der Waals surface area contributed by atoms with Crippen molar-refractivity contribution in [3.8, 4) is 0 Å². The van der Waals surface area contributed by atoms with Gasteiger partial charge in [0.1, 0.15) is 0 Å². The first-order valence-corrected chi connectivity index (χ1v) is 10.1. The van der Waals surface area contributed by atoms with E-state index in [4.69, 9.17) is 0 Å². The first-order valence-electron chi connectivity index (χ1n) is 6.29. The van der Waals surface area contributed by atoms with Gasteiger partial charge in [0, 0.05) is 35.8 Å². The highest BCUT2D eigenvalue weighted by atomic mass is 127. The van der Waals surface area contributed by atoms with Gasteiger partial charge in [0.2, 0.25) is 0 Å². The Kier molecular flexibility index (Phi) is 6.16. The summed E-state index contributed by atoms with van der Waals surface area (Å²) in [5.41, 5.74) is 1.33. The quantitative estimate of drug-likeness (QED) is 0.475. The van der Waals surface area contributed by atoms with Crippen molar-refractivity contribution in [3.63, 3.8) is 0 Å². The van der Waals surface area contributed by atoms with Gasteiger partial charge in [-0.1, -0.05) is 37.4 Å². The second-order valence-electron chi connectivity index (χ2n) is 4.83. The zero-order chi connectivity index (χ0) is 13.8. The van der Waals surface area contributed by atoms with E-state index in [1.807, 2.05) is 22.6 Å². The first-order chi connectivity index (χ1) is 9.10. The number of halogens is 3. The molecule has 2 atom stereocenters. The number of benzene rings is 1. The average molecular weight is 488 g/mol. The smallest absolute Gasteiger partial charge is 0.163 e. The molecule has 1 aromatic rings. The Morgan fingerprint density at radius 1 is 1.42 bits per heavy atom. The Hall–Kier alpha value is 0.400. The highest BCUT2D eigenvalue weighted by Gasteiger charge is 2.26. The SMILES string of the molecule is C=Ic1ccc([C@@H]2CN(CC(F)I)CCN2C)cc1. The van der Waals surface area contributed by atoms with Gasteiger partial charge in [-0.2, -0.15) is 0 Å². The average Bonchev–Trinajstić information content (AvgIpc) is 2.40. The van der Waals surface area contributed by atoms with Gasteiger partial charge in [0.15, 0.2) is 4.18 Å². The zero-order valence-electron chi connectivity index (χ0n) is 11.0. The molecule has 0 saturated carbocycles. The summed E-state index contributed by atoms with van der Waals surface area (Å²) < 4.78 is 17.7. The second kappa shape index (κ2) is 7.42. The number of rotatable bonds is 4. The molecule has 1 unspecified atom stereocenters. The molecule has 2 rings (SSSR count). The van der Waals surface area contributed by atoms with E-state index in [-0.39, 0.29) is 20.7 Å². The molecule has 1 aromatic carbocycles. The molecule has 1 heterocycles. The van der Waals surface area contributed by atoms with Gasteiger partial charge in [-0.3, -0.25) is 9.80 Å². The predicted octanol–water partition coefficient (Wildman–Crippen LogP) is 3.28. The maximum absolute atomic E-state index is 13.1. The molecule has 1 saturated heterocycles. The maximum Gasteiger partial charge on any atom is 0.163 e. The van der Waals surface area contributed by atoms with Crippen LogP contribution in [-0.2, 0) is 0 Å².